The van der Waals surface area contributed by atoms with Crippen molar-refractivity contribution < 1.29 is 24.2 Å². The molecule has 0 aromatic heterocycles. The van der Waals surface area contributed by atoms with Gasteiger partial charge in [-0.2, -0.15) is 0 Å². The summed E-state index contributed by atoms with van der Waals surface area (Å²) < 4.78 is 4.23. The lowest BCUT2D eigenvalue weighted by Crippen LogP contribution is -2.12. The first-order valence-corrected chi connectivity index (χ1v) is 4.35. The number of ketones is 1. The molecule has 86 valence electrons. The van der Waals surface area contributed by atoms with Crippen LogP contribution in [0.3, 0.4) is 0 Å². The molecule has 0 unspecified atom stereocenters. The lowest BCUT2D eigenvalue weighted by molar-refractivity contribution is -0.152. The van der Waals surface area contributed by atoms with Crippen LogP contribution in [-0.4, -0.2) is 29.4 Å². The van der Waals surface area contributed by atoms with Gasteiger partial charge in [0, 0.05) is 12.0 Å². The monoisotopic (exact) mass is 216 g/mol. The molecule has 0 saturated carbocycles. The Morgan fingerprint density at radius 2 is 1.67 bits per heavy atom. The molecular formula is C10H16O5. The first-order valence-electron chi connectivity index (χ1n) is 4.35. The van der Waals surface area contributed by atoms with Gasteiger partial charge in [0.2, 0.25) is 0 Å². The van der Waals surface area contributed by atoms with Crippen molar-refractivity contribution >= 4 is 17.7 Å². The smallest absolute Gasteiger partial charge is 0.341 e. The maximum Gasteiger partial charge on any atom is 0.341 e. The Labute approximate surface area is 88.7 Å². The molecule has 0 spiro atoms. The highest BCUT2D eigenvalue weighted by molar-refractivity contribution is 5.88. The molecular weight excluding hydrogens is 200 g/mol. The summed E-state index contributed by atoms with van der Waals surface area (Å²) in [4.78, 5) is 30.1. The van der Waals surface area contributed by atoms with E-state index in [9.17, 15) is 14.4 Å². The Hall–Kier alpha value is -1.65. The topological polar surface area (TPSA) is 80.7 Å². The van der Waals surface area contributed by atoms with Crippen molar-refractivity contribution in [3.63, 3.8) is 0 Å². The van der Waals surface area contributed by atoms with Crippen LogP contribution in [0.25, 0.3) is 0 Å². The van der Waals surface area contributed by atoms with Gasteiger partial charge in [-0.25, -0.2) is 9.59 Å². The third-order valence-corrected chi connectivity index (χ3v) is 1.17. The van der Waals surface area contributed by atoms with Crippen LogP contribution < -0.4 is 0 Å². The minimum atomic E-state index is -1.17. The number of carbonyl (C=O) groups excluding carboxylic acids is 2. The van der Waals surface area contributed by atoms with Gasteiger partial charge in [-0.15, -0.1) is 0 Å². The number of aliphatic carboxylic acids is 1. The number of Topliss-reactive ketones (excluding diaryl/α,β-unsaturated/α-hetero) is 1. The normalized spacial score (nSPS) is 8.20. The molecule has 0 radical (unpaired) electrons. The van der Waals surface area contributed by atoms with Gasteiger partial charge in [-0.1, -0.05) is 13.5 Å². The van der Waals surface area contributed by atoms with Gasteiger partial charge in [-0.05, 0) is 13.8 Å². The molecule has 0 aromatic rings. The summed E-state index contributed by atoms with van der Waals surface area (Å²) in [7, 11) is 0. The van der Waals surface area contributed by atoms with Crippen LogP contribution in [0, 0.1) is 0 Å². The first-order chi connectivity index (χ1) is 6.81. The second-order valence-corrected chi connectivity index (χ2v) is 2.81. The third kappa shape index (κ3) is 15.1. The Kier molecular flexibility index (Phi) is 9.41. The Morgan fingerprint density at radius 1 is 1.27 bits per heavy atom. The van der Waals surface area contributed by atoms with E-state index < -0.39 is 18.5 Å². The molecule has 5 heteroatoms. The molecule has 1 N–H and O–H groups in total. The van der Waals surface area contributed by atoms with E-state index in [1.54, 1.807) is 6.92 Å². The van der Waals surface area contributed by atoms with Crippen LogP contribution >= 0.6 is 0 Å². The molecule has 0 aliphatic carbocycles. The minimum Gasteiger partial charge on any atom is -0.479 e. The van der Waals surface area contributed by atoms with Crippen molar-refractivity contribution in [2.24, 2.45) is 0 Å². The molecule has 0 fully saturated rings. The molecule has 0 saturated heterocycles. The molecule has 0 amide bonds. The molecule has 0 atom stereocenters. The highest BCUT2D eigenvalue weighted by Gasteiger charge is 2.04. The van der Waals surface area contributed by atoms with E-state index in [0.29, 0.717) is 6.42 Å². The number of carboxylic acid groups (broad SMARTS) is 1. The number of hydrogen-bond donors (Lipinski definition) is 1. The van der Waals surface area contributed by atoms with Crippen LogP contribution in [0.2, 0.25) is 0 Å². The van der Waals surface area contributed by atoms with Crippen LogP contribution in [0.4, 0.5) is 0 Å². The van der Waals surface area contributed by atoms with Crippen LogP contribution in [0.5, 0.6) is 0 Å². The maximum absolute atomic E-state index is 10.5. The van der Waals surface area contributed by atoms with Gasteiger partial charge in [0.05, 0.1) is 0 Å². The average molecular weight is 216 g/mol. The van der Waals surface area contributed by atoms with Crippen molar-refractivity contribution in [2.45, 2.75) is 27.2 Å². The van der Waals surface area contributed by atoms with E-state index in [4.69, 9.17) is 5.11 Å². The summed E-state index contributed by atoms with van der Waals surface area (Å²) >= 11 is 0. The fourth-order valence-electron chi connectivity index (χ4n) is 0.250. The number of ether oxygens (including phenoxy) is 1. The summed E-state index contributed by atoms with van der Waals surface area (Å²) in [5.41, 5.74) is 0.196. The lowest BCUT2D eigenvalue weighted by atomic mass is 10.4. The quantitative estimate of drug-likeness (QED) is 0.563. The Balaban J connectivity index is 0. The molecule has 0 bridgehead atoms. The van der Waals surface area contributed by atoms with Gasteiger partial charge in [0.15, 0.2) is 6.61 Å². The fourth-order valence-corrected chi connectivity index (χ4v) is 0.250. The van der Waals surface area contributed by atoms with E-state index in [1.807, 2.05) is 6.92 Å². The molecule has 5 nitrogen and oxygen atoms in total. The predicted molar refractivity (Wildman–Crippen MR) is 54.4 cm³/mol. The molecule has 0 aliphatic heterocycles. The predicted octanol–water partition coefficient (Wildman–Crippen LogP) is 1.18. The van der Waals surface area contributed by atoms with Crippen LogP contribution in [-0.2, 0) is 19.1 Å². The van der Waals surface area contributed by atoms with E-state index in [2.05, 4.69) is 11.3 Å². The molecule has 0 aromatic carbocycles. The molecule has 0 heterocycles. The third-order valence-electron chi connectivity index (χ3n) is 1.17. The fraction of sp³-hybridized carbons (Fsp3) is 0.500. The van der Waals surface area contributed by atoms with Crippen molar-refractivity contribution in [1.29, 1.82) is 0 Å². The van der Waals surface area contributed by atoms with Gasteiger partial charge in [-0.3, -0.25) is 0 Å². The molecule has 0 rings (SSSR count). The van der Waals surface area contributed by atoms with E-state index >= 15 is 0 Å². The standard InChI is InChI=1S/C6H8O4.C4H8O/c1-4(2)6(9)10-3-5(7)8;1-3-4(2)5/h1,3H2,2H3,(H,7,8);3H2,1-2H3. The van der Waals surface area contributed by atoms with Gasteiger partial charge in [0.25, 0.3) is 0 Å². The lowest BCUT2D eigenvalue weighted by Gasteiger charge is -1.98. The Morgan fingerprint density at radius 3 is 1.87 bits per heavy atom. The van der Waals surface area contributed by atoms with E-state index in [-0.39, 0.29) is 11.4 Å². The maximum atomic E-state index is 10.5. The molecule has 15 heavy (non-hydrogen) atoms. The summed E-state index contributed by atoms with van der Waals surface area (Å²) in [5.74, 6) is -1.60. The molecule has 0 aliphatic rings. The number of carboxylic acids is 1. The van der Waals surface area contributed by atoms with Gasteiger partial charge >= 0.3 is 11.9 Å². The van der Waals surface area contributed by atoms with Gasteiger partial charge < -0.3 is 14.6 Å². The Bertz CT molecular complexity index is 255. The average Bonchev–Trinajstić information content (AvgIpc) is 2.14. The highest BCUT2D eigenvalue weighted by Crippen LogP contribution is 1.90. The number of hydrogen-bond acceptors (Lipinski definition) is 4. The highest BCUT2D eigenvalue weighted by atomic mass is 16.5. The first kappa shape index (κ1) is 15.8. The van der Waals surface area contributed by atoms with Gasteiger partial charge in [0.1, 0.15) is 5.78 Å². The SMILES string of the molecule is C=C(C)C(=O)OCC(=O)O.CCC(C)=O. The largest absolute Gasteiger partial charge is 0.479 e. The second kappa shape index (κ2) is 8.93. The van der Waals surface area contributed by atoms with Crippen molar-refractivity contribution in [1.82, 2.24) is 0 Å². The summed E-state index contributed by atoms with van der Waals surface area (Å²) in [5, 5.41) is 8.04. The zero-order valence-electron chi connectivity index (χ0n) is 9.20. The summed E-state index contributed by atoms with van der Waals surface area (Å²) in [6.45, 7) is 7.54. The van der Waals surface area contributed by atoms with Crippen molar-refractivity contribution in [3.8, 4) is 0 Å². The number of carbonyl (C=O) groups is 3. The summed E-state index contributed by atoms with van der Waals surface area (Å²) in [6.07, 6.45) is 0.667. The van der Waals surface area contributed by atoms with E-state index in [0.717, 1.165) is 0 Å². The zero-order valence-corrected chi connectivity index (χ0v) is 9.20. The van der Waals surface area contributed by atoms with Crippen molar-refractivity contribution in [2.75, 3.05) is 6.61 Å². The number of rotatable bonds is 4. The zero-order chi connectivity index (χ0) is 12.4. The van der Waals surface area contributed by atoms with Crippen molar-refractivity contribution in [3.05, 3.63) is 12.2 Å². The minimum absolute atomic E-state index is 0.196. The van der Waals surface area contributed by atoms with E-state index in [1.165, 1.54) is 6.92 Å². The van der Waals surface area contributed by atoms with Crippen LogP contribution in [0.1, 0.15) is 27.2 Å². The summed E-state index contributed by atoms with van der Waals surface area (Å²) in [6, 6.07) is 0. The second-order valence-electron chi connectivity index (χ2n) is 2.81. The van der Waals surface area contributed by atoms with Crippen LogP contribution in [0.15, 0.2) is 12.2 Å². The number of esters is 1.